The number of aromatic nitrogens is 4. The predicted molar refractivity (Wildman–Crippen MR) is 97.1 cm³/mol. The summed E-state index contributed by atoms with van der Waals surface area (Å²) in [5, 5.41) is 0.778. The summed E-state index contributed by atoms with van der Waals surface area (Å²) in [6.07, 6.45) is 0. The molecule has 25 heavy (non-hydrogen) atoms. The number of nitrogens with two attached hydrogens (primary N) is 1. The SMILES string of the molecule is CC(C)(C)n1c(=O)[nH]c2c(C(N)=O)nc(-c3ccc(Cl)cc3Cl)nc21. The number of amides is 1. The first-order valence-electron chi connectivity index (χ1n) is 7.38. The van der Waals surface area contributed by atoms with Crippen molar-refractivity contribution < 1.29 is 4.79 Å². The number of aromatic amines is 1. The topological polar surface area (TPSA) is 107 Å². The zero-order valence-corrected chi connectivity index (χ0v) is 15.2. The third-order valence-electron chi connectivity index (χ3n) is 3.61. The van der Waals surface area contributed by atoms with Crippen molar-refractivity contribution in [1.82, 2.24) is 19.5 Å². The highest BCUT2D eigenvalue weighted by Gasteiger charge is 2.25. The van der Waals surface area contributed by atoms with Crippen LogP contribution in [0.5, 0.6) is 0 Å². The molecule has 0 aliphatic carbocycles. The largest absolute Gasteiger partial charge is 0.364 e. The van der Waals surface area contributed by atoms with E-state index in [9.17, 15) is 9.59 Å². The standard InChI is InChI=1S/C16H15Cl2N5O2/c1-16(2,3)23-14-11(21-15(23)25)10(12(19)24)20-13(22-14)8-5-4-7(17)6-9(8)18/h4-6H,1-3H3,(H2,19,24)(H,21,25). The van der Waals surface area contributed by atoms with Crippen LogP contribution >= 0.6 is 23.2 Å². The Balaban J connectivity index is 2.42. The normalized spacial score (nSPS) is 11.9. The zero-order valence-electron chi connectivity index (χ0n) is 13.7. The molecule has 0 aliphatic rings. The molecular formula is C16H15Cl2N5O2. The van der Waals surface area contributed by atoms with E-state index >= 15 is 0 Å². The lowest BCUT2D eigenvalue weighted by atomic mass is 10.1. The van der Waals surface area contributed by atoms with E-state index in [2.05, 4.69) is 15.0 Å². The minimum Gasteiger partial charge on any atom is -0.364 e. The molecule has 1 aromatic carbocycles. The van der Waals surface area contributed by atoms with Gasteiger partial charge in [-0.2, -0.15) is 0 Å². The summed E-state index contributed by atoms with van der Waals surface area (Å²) in [6.45, 7) is 5.55. The highest BCUT2D eigenvalue weighted by atomic mass is 35.5. The van der Waals surface area contributed by atoms with Gasteiger partial charge in [0.1, 0.15) is 5.52 Å². The minimum absolute atomic E-state index is 0.0777. The first-order chi connectivity index (χ1) is 11.6. The van der Waals surface area contributed by atoms with Crippen molar-refractivity contribution in [2.45, 2.75) is 26.3 Å². The number of rotatable bonds is 2. The Labute approximate surface area is 152 Å². The van der Waals surface area contributed by atoms with Gasteiger partial charge in [0.25, 0.3) is 5.91 Å². The zero-order chi connectivity index (χ0) is 18.5. The molecule has 3 rings (SSSR count). The number of primary amides is 1. The van der Waals surface area contributed by atoms with Crippen molar-refractivity contribution in [2.75, 3.05) is 0 Å². The van der Waals surface area contributed by atoms with Gasteiger partial charge in [-0.1, -0.05) is 23.2 Å². The highest BCUT2D eigenvalue weighted by molar-refractivity contribution is 6.36. The molecular weight excluding hydrogens is 365 g/mol. The second-order valence-electron chi connectivity index (χ2n) is 6.52. The Morgan fingerprint density at radius 1 is 1.24 bits per heavy atom. The van der Waals surface area contributed by atoms with Gasteiger partial charge in [0, 0.05) is 16.1 Å². The van der Waals surface area contributed by atoms with E-state index in [1.165, 1.54) is 4.57 Å². The number of nitrogens with zero attached hydrogens (tertiary/aromatic N) is 3. The van der Waals surface area contributed by atoms with E-state index in [-0.39, 0.29) is 22.7 Å². The van der Waals surface area contributed by atoms with Crippen LogP contribution in [0.25, 0.3) is 22.6 Å². The summed E-state index contributed by atoms with van der Waals surface area (Å²) in [4.78, 5) is 35.5. The van der Waals surface area contributed by atoms with Crippen LogP contribution in [0.15, 0.2) is 23.0 Å². The van der Waals surface area contributed by atoms with Crippen LogP contribution in [0.1, 0.15) is 31.3 Å². The summed E-state index contributed by atoms with van der Waals surface area (Å²) < 4.78 is 1.45. The molecule has 130 valence electrons. The number of hydrogen-bond donors (Lipinski definition) is 2. The van der Waals surface area contributed by atoms with Crippen molar-refractivity contribution in [2.24, 2.45) is 5.73 Å². The summed E-state index contributed by atoms with van der Waals surface area (Å²) in [7, 11) is 0. The van der Waals surface area contributed by atoms with Gasteiger partial charge in [-0.25, -0.2) is 14.8 Å². The van der Waals surface area contributed by atoms with Crippen molar-refractivity contribution in [1.29, 1.82) is 0 Å². The number of carbonyl (C=O) groups is 1. The Morgan fingerprint density at radius 2 is 1.92 bits per heavy atom. The number of H-pyrrole nitrogens is 1. The third kappa shape index (κ3) is 3.01. The lowest BCUT2D eigenvalue weighted by Gasteiger charge is -2.20. The maximum atomic E-state index is 12.4. The molecule has 0 atom stereocenters. The van der Waals surface area contributed by atoms with E-state index in [1.807, 2.05) is 20.8 Å². The molecule has 7 nitrogen and oxygen atoms in total. The Morgan fingerprint density at radius 3 is 2.48 bits per heavy atom. The molecule has 3 aromatic rings. The van der Waals surface area contributed by atoms with Crippen LogP contribution in [-0.4, -0.2) is 25.4 Å². The van der Waals surface area contributed by atoms with Gasteiger partial charge in [-0.05, 0) is 39.0 Å². The van der Waals surface area contributed by atoms with Crippen molar-refractivity contribution in [3.05, 3.63) is 44.4 Å². The van der Waals surface area contributed by atoms with Gasteiger partial charge in [0.2, 0.25) is 0 Å². The molecule has 3 N–H and O–H groups in total. The second kappa shape index (κ2) is 5.86. The molecule has 0 bridgehead atoms. The van der Waals surface area contributed by atoms with E-state index in [4.69, 9.17) is 28.9 Å². The third-order valence-corrected chi connectivity index (χ3v) is 4.16. The monoisotopic (exact) mass is 379 g/mol. The van der Waals surface area contributed by atoms with Gasteiger partial charge >= 0.3 is 5.69 Å². The van der Waals surface area contributed by atoms with Crippen LogP contribution in [-0.2, 0) is 5.54 Å². The Bertz CT molecular complexity index is 1060. The van der Waals surface area contributed by atoms with Crippen LogP contribution in [0.3, 0.4) is 0 Å². The quantitative estimate of drug-likeness (QED) is 0.713. The molecule has 0 saturated heterocycles. The molecule has 0 fully saturated rings. The molecule has 2 heterocycles. The maximum Gasteiger partial charge on any atom is 0.328 e. The van der Waals surface area contributed by atoms with Crippen molar-refractivity contribution in [3.8, 4) is 11.4 Å². The highest BCUT2D eigenvalue weighted by Crippen LogP contribution is 2.30. The fraction of sp³-hybridized carbons (Fsp3) is 0.250. The number of halogens is 2. The molecule has 0 aliphatic heterocycles. The first-order valence-corrected chi connectivity index (χ1v) is 8.13. The first kappa shape index (κ1) is 17.4. The summed E-state index contributed by atoms with van der Waals surface area (Å²) in [6, 6.07) is 4.82. The molecule has 0 unspecified atom stereocenters. The van der Waals surface area contributed by atoms with Gasteiger partial charge in [0.15, 0.2) is 17.2 Å². The number of fused-ring (bicyclic) bond motifs is 1. The Kier molecular flexibility index (Phi) is 4.09. The maximum absolute atomic E-state index is 12.4. The van der Waals surface area contributed by atoms with Gasteiger partial charge < -0.3 is 10.7 Å². The number of hydrogen-bond acceptors (Lipinski definition) is 4. The van der Waals surface area contributed by atoms with E-state index in [1.54, 1.807) is 18.2 Å². The molecule has 0 radical (unpaired) electrons. The van der Waals surface area contributed by atoms with Crippen LogP contribution in [0.4, 0.5) is 0 Å². The van der Waals surface area contributed by atoms with Crippen molar-refractivity contribution >= 4 is 40.3 Å². The lowest BCUT2D eigenvalue weighted by Crippen LogP contribution is -2.32. The minimum atomic E-state index is -0.777. The summed E-state index contributed by atoms with van der Waals surface area (Å²) in [5.74, 6) is -0.596. The Hall–Kier alpha value is -2.38. The second-order valence-corrected chi connectivity index (χ2v) is 7.36. The predicted octanol–water partition coefficient (Wildman–Crippen LogP) is 2.95. The number of nitrogens with one attached hydrogen (secondary N) is 1. The molecule has 0 spiro atoms. The van der Waals surface area contributed by atoms with E-state index < -0.39 is 17.1 Å². The average Bonchev–Trinajstić information content (AvgIpc) is 2.81. The fourth-order valence-corrected chi connectivity index (χ4v) is 3.07. The molecule has 1 amide bonds. The number of carbonyl (C=O) groups excluding carboxylic acids is 1. The molecule has 0 saturated carbocycles. The number of imidazole rings is 1. The molecule has 9 heteroatoms. The van der Waals surface area contributed by atoms with Crippen LogP contribution in [0.2, 0.25) is 10.0 Å². The van der Waals surface area contributed by atoms with Crippen LogP contribution in [0, 0.1) is 0 Å². The fourth-order valence-electron chi connectivity index (χ4n) is 2.58. The number of benzene rings is 1. The average molecular weight is 380 g/mol. The summed E-state index contributed by atoms with van der Waals surface area (Å²) in [5.41, 5.74) is 5.34. The van der Waals surface area contributed by atoms with E-state index in [0.29, 0.717) is 15.6 Å². The smallest absolute Gasteiger partial charge is 0.328 e. The van der Waals surface area contributed by atoms with Crippen LogP contribution < -0.4 is 11.4 Å². The van der Waals surface area contributed by atoms with Gasteiger partial charge in [-0.15, -0.1) is 0 Å². The summed E-state index contributed by atoms with van der Waals surface area (Å²) >= 11 is 12.1. The lowest BCUT2D eigenvalue weighted by molar-refractivity contribution is 0.0997. The van der Waals surface area contributed by atoms with E-state index in [0.717, 1.165) is 0 Å². The van der Waals surface area contributed by atoms with Crippen molar-refractivity contribution in [3.63, 3.8) is 0 Å². The van der Waals surface area contributed by atoms with Gasteiger partial charge in [-0.3, -0.25) is 9.36 Å². The molecule has 2 aromatic heterocycles. The van der Waals surface area contributed by atoms with Gasteiger partial charge in [0.05, 0.1) is 5.02 Å².